The summed E-state index contributed by atoms with van der Waals surface area (Å²) in [4.78, 5) is 24.6. The van der Waals surface area contributed by atoms with Gasteiger partial charge in [-0.15, -0.1) is 11.3 Å². The summed E-state index contributed by atoms with van der Waals surface area (Å²) in [7, 11) is -3.64. The van der Waals surface area contributed by atoms with Crippen molar-refractivity contribution in [2.24, 2.45) is 5.41 Å². The van der Waals surface area contributed by atoms with Gasteiger partial charge in [0.2, 0.25) is 10.0 Å². The molecule has 1 unspecified atom stereocenters. The average Bonchev–Trinajstić information content (AvgIpc) is 3.11. The number of carbonyl (C=O) groups excluding carboxylic acids is 1. The van der Waals surface area contributed by atoms with Crippen LogP contribution in [0.3, 0.4) is 0 Å². The second-order valence-electron chi connectivity index (χ2n) is 5.73. The van der Waals surface area contributed by atoms with Crippen LogP contribution in [0.4, 0.5) is 4.79 Å². The number of carboxylic acid groups (broad SMARTS) is 1. The number of likely N-dealkylation sites (tertiary alicyclic amines) is 1. The van der Waals surface area contributed by atoms with Crippen LogP contribution in [-0.2, 0) is 14.8 Å². The first-order valence-corrected chi connectivity index (χ1v) is 9.83. The summed E-state index contributed by atoms with van der Waals surface area (Å²) in [6, 6.07) is 2.50. The number of thiophene rings is 1. The van der Waals surface area contributed by atoms with Gasteiger partial charge in [0, 0.05) is 26.2 Å². The summed E-state index contributed by atoms with van der Waals surface area (Å²) in [5, 5.41) is 11.7. The predicted molar refractivity (Wildman–Crippen MR) is 89.8 cm³/mol. The fourth-order valence-electron chi connectivity index (χ4n) is 2.29. The van der Waals surface area contributed by atoms with E-state index in [4.69, 9.17) is 16.7 Å². The first kappa shape index (κ1) is 19.0. The van der Waals surface area contributed by atoms with E-state index in [0.717, 1.165) is 11.3 Å². The Bertz CT molecular complexity index is 736. The van der Waals surface area contributed by atoms with Gasteiger partial charge in [0.25, 0.3) is 0 Å². The maximum Gasteiger partial charge on any atom is 0.317 e. The van der Waals surface area contributed by atoms with Crippen LogP contribution in [-0.4, -0.2) is 56.6 Å². The molecule has 0 spiro atoms. The molecule has 0 aliphatic carbocycles. The van der Waals surface area contributed by atoms with Crippen molar-refractivity contribution in [2.75, 3.05) is 26.2 Å². The number of sulfonamides is 1. The minimum absolute atomic E-state index is 0.0215. The Morgan fingerprint density at radius 3 is 2.67 bits per heavy atom. The number of aliphatic carboxylic acids is 1. The normalized spacial score (nSPS) is 21.0. The van der Waals surface area contributed by atoms with Crippen molar-refractivity contribution >= 4 is 45.0 Å². The molecule has 2 heterocycles. The van der Waals surface area contributed by atoms with Crippen molar-refractivity contribution in [3.05, 3.63) is 16.5 Å². The number of rotatable bonds is 6. The van der Waals surface area contributed by atoms with Gasteiger partial charge in [-0.3, -0.25) is 4.79 Å². The highest BCUT2D eigenvalue weighted by Crippen LogP contribution is 2.30. The summed E-state index contributed by atoms with van der Waals surface area (Å²) >= 11 is 6.65. The zero-order valence-corrected chi connectivity index (χ0v) is 15.3. The highest BCUT2D eigenvalue weighted by Gasteiger charge is 2.42. The van der Waals surface area contributed by atoms with Gasteiger partial charge in [0.1, 0.15) is 4.21 Å². The molecule has 1 saturated heterocycles. The van der Waals surface area contributed by atoms with E-state index in [1.54, 1.807) is 6.92 Å². The van der Waals surface area contributed by atoms with E-state index in [-0.39, 0.29) is 23.8 Å². The lowest BCUT2D eigenvalue weighted by Crippen LogP contribution is -2.43. The summed E-state index contributed by atoms with van der Waals surface area (Å²) < 4.78 is 26.8. The van der Waals surface area contributed by atoms with Crippen LogP contribution in [0.1, 0.15) is 13.3 Å². The quantitative estimate of drug-likeness (QED) is 0.625. The van der Waals surface area contributed by atoms with Crippen molar-refractivity contribution in [1.29, 1.82) is 0 Å². The molecular weight excluding hydrogens is 378 g/mol. The lowest BCUT2D eigenvalue weighted by molar-refractivity contribution is -0.147. The molecular formula is C13H18ClN3O5S2. The molecule has 1 aromatic heterocycles. The van der Waals surface area contributed by atoms with Crippen LogP contribution < -0.4 is 10.0 Å². The molecule has 1 atom stereocenters. The number of carboxylic acids is 1. The van der Waals surface area contributed by atoms with Gasteiger partial charge in [0.05, 0.1) is 9.75 Å². The average molecular weight is 396 g/mol. The Hall–Kier alpha value is -1.36. The lowest BCUT2D eigenvalue weighted by atomic mass is 9.90. The standard InChI is InChI=1S/C13H18ClN3O5S2/c1-13(11(18)19)4-7-17(8-13)12(20)15-5-6-16-24(21,22)10-3-2-9(14)23-10/h2-3,16H,4-8H2,1H3,(H,15,20)(H,18,19). The van der Waals surface area contributed by atoms with Gasteiger partial charge in [0.15, 0.2) is 0 Å². The summed E-state index contributed by atoms with van der Waals surface area (Å²) in [6.07, 6.45) is 0.390. The van der Waals surface area contributed by atoms with Gasteiger partial charge in [-0.25, -0.2) is 17.9 Å². The van der Waals surface area contributed by atoms with E-state index >= 15 is 0 Å². The van der Waals surface area contributed by atoms with Crippen LogP contribution in [0, 0.1) is 5.41 Å². The highest BCUT2D eigenvalue weighted by molar-refractivity contribution is 7.91. The van der Waals surface area contributed by atoms with Gasteiger partial charge >= 0.3 is 12.0 Å². The topological polar surface area (TPSA) is 116 Å². The fraction of sp³-hybridized carbons (Fsp3) is 0.538. The van der Waals surface area contributed by atoms with Gasteiger partial charge in [-0.1, -0.05) is 11.6 Å². The van der Waals surface area contributed by atoms with E-state index in [2.05, 4.69) is 10.0 Å². The SMILES string of the molecule is CC1(C(=O)O)CCN(C(=O)NCCNS(=O)(=O)c2ccc(Cl)s2)C1. The second kappa shape index (κ2) is 7.26. The minimum atomic E-state index is -3.64. The highest BCUT2D eigenvalue weighted by atomic mass is 35.5. The zero-order valence-electron chi connectivity index (χ0n) is 12.9. The maximum atomic E-state index is 12.0. The number of halogens is 1. The summed E-state index contributed by atoms with van der Waals surface area (Å²) in [5.74, 6) is -0.930. The third-order valence-corrected chi connectivity index (χ3v) is 6.97. The fourth-order valence-corrected chi connectivity index (χ4v) is 4.85. The molecule has 3 N–H and O–H groups in total. The van der Waals surface area contributed by atoms with Crippen LogP contribution in [0.25, 0.3) is 0 Å². The zero-order chi connectivity index (χ0) is 18.0. The number of nitrogens with zero attached hydrogens (tertiary/aromatic N) is 1. The van der Waals surface area contributed by atoms with Crippen molar-refractivity contribution in [3.8, 4) is 0 Å². The third-order valence-electron chi connectivity index (χ3n) is 3.78. The molecule has 24 heavy (non-hydrogen) atoms. The van der Waals surface area contributed by atoms with Crippen molar-refractivity contribution in [2.45, 2.75) is 17.6 Å². The maximum absolute atomic E-state index is 12.0. The van der Waals surface area contributed by atoms with Gasteiger partial charge < -0.3 is 15.3 Å². The molecule has 0 radical (unpaired) electrons. The number of nitrogens with one attached hydrogen (secondary N) is 2. The van der Waals surface area contributed by atoms with E-state index in [1.807, 2.05) is 0 Å². The number of amides is 2. The van der Waals surface area contributed by atoms with E-state index in [9.17, 15) is 18.0 Å². The Morgan fingerprint density at radius 2 is 2.12 bits per heavy atom. The predicted octanol–water partition coefficient (Wildman–Crippen LogP) is 1.19. The smallest absolute Gasteiger partial charge is 0.317 e. The Balaban J connectivity index is 1.77. The van der Waals surface area contributed by atoms with Crippen LogP contribution >= 0.6 is 22.9 Å². The summed E-state index contributed by atoms with van der Waals surface area (Å²) in [5.41, 5.74) is -0.933. The van der Waals surface area contributed by atoms with E-state index in [1.165, 1.54) is 17.0 Å². The van der Waals surface area contributed by atoms with Crippen molar-refractivity contribution in [3.63, 3.8) is 0 Å². The number of carbonyl (C=O) groups is 2. The molecule has 1 aliphatic heterocycles. The lowest BCUT2D eigenvalue weighted by Gasteiger charge is -2.20. The molecule has 0 saturated carbocycles. The Kier molecular flexibility index (Phi) is 5.74. The number of hydrogen-bond acceptors (Lipinski definition) is 5. The molecule has 0 bridgehead atoms. The largest absolute Gasteiger partial charge is 0.481 e. The van der Waals surface area contributed by atoms with Crippen LogP contribution in [0.5, 0.6) is 0 Å². The third kappa shape index (κ3) is 4.38. The molecule has 1 aliphatic rings. The number of urea groups is 1. The van der Waals surface area contributed by atoms with Crippen LogP contribution in [0.2, 0.25) is 4.34 Å². The molecule has 11 heteroatoms. The minimum Gasteiger partial charge on any atom is -0.481 e. The Morgan fingerprint density at radius 1 is 1.42 bits per heavy atom. The molecule has 2 amide bonds. The summed E-state index contributed by atoms with van der Waals surface area (Å²) in [6.45, 7) is 2.20. The van der Waals surface area contributed by atoms with Gasteiger partial charge in [-0.2, -0.15) is 0 Å². The van der Waals surface area contributed by atoms with E-state index < -0.39 is 27.4 Å². The van der Waals surface area contributed by atoms with Crippen molar-refractivity contribution in [1.82, 2.24) is 14.9 Å². The molecule has 8 nitrogen and oxygen atoms in total. The molecule has 2 rings (SSSR count). The Labute approximate surface area is 148 Å². The molecule has 0 aromatic carbocycles. The van der Waals surface area contributed by atoms with E-state index in [0.29, 0.717) is 17.3 Å². The van der Waals surface area contributed by atoms with Crippen molar-refractivity contribution < 1.29 is 23.1 Å². The first-order chi connectivity index (χ1) is 11.1. The molecule has 134 valence electrons. The molecule has 1 aromatic rings. The number of hydrogen-bond donors (Lipinski definition) is 3. The first-order valence-electron chi connectivity index (χ1n) is 7.15. The van der Waals surface area contributed by atoms with Gasteiger partial charge in [-0.05, 0) is 25.5 Å². The van der Waals surface area contributed by atoms with Crippen LogP contribution in [0.15, 0.2) is 16.3 Å². The molecule has 1 fully saturated rings. The second-order valence-corrected chi connectivity index (χ2v) is 9.43. The monoisotopic (exact) mass is 395 g/mol.